The van der Waals surface area contributed by atoms with Crippen molar-refractivity contribution in [1.82, 2.24) is 0 Å². The van der Waals surface area contributed by atoms with Crippen LogP contribution in [0, 0.1) is 3.57 Å². The van der Waals surface area contributed by atoms with E-state index in [1.807, 2.05) is 0 Å². The Hall–Kier alpha value is -1.12. The van der Waals surface area contributed by atoms with Crippen molar-refractivity contribution in [3.63, 3.8) is 0 Å². The molecule has 20 heavy (non-hydrogen) atoms. The van der Waals surface area contributed by atoms with Gasteiger partial charge in [-0.2, -0.15) is 0 Å². The van der Waals surface area contributed by atoms with Crippen molar-refractivity contribution in [2.24, 2.45) is 0 Å². The number of para-hydroxylation sites is 1. The van der Waals surface area contributed by atoms with Gasteiger partial charge in [-0.1, -0.05) is 24.3 Å². The highest BCUT2D eigenvalue weighted by Crippen LogP contribution is 2.40. The van der Waals surface area contributed by atoms with Gasteiger partial charge in [-0.05, 0) is 40.8 Å². The fourth-order valence-electron chi connectivity index (χ4n) is 2.41. The van der Waals surface area contributed by atoms with E-state index in [0.717, 1.165) is 3.57 Å². The Morgan fingerprint density at radius 1 is 1.15 bits per heavy atom. The van der Waals surface area contributed by atoms with Gasteiger partial charge in [0.2, 0.25) is 0 Å². The van der Waals surface area contributed by atoms with E-state index in [4.69, 9.17) is 0 Å². The van der Waals surface area contributed by atoms with Gasteiger partial charge in [0.05, 0.1) is 10.6 Å². The van der Waals surface area contributed by atoms with E-state index in [1.165, 1.54) is 11.4 Å². The molecule has 0 saturated carbocycles. The Morgan fingerprint density at radius 2 is 1.85 bits per heavy atom. The van der Waals surface area contributed by atoms with Crippen LogP contribution in [0.3, 0.4) is 0 Å². The highest BCUT2D eigenvalue weighted by molar-refractivity contribution is 14.1. The molecule has 6 heteroatoms. The van der Waals surface area contributed by atoms with E-state index in [-0.39, 0.29) is 4.90 Å². The maximum Gasteiger partial charge on any atom is 0.264 e. The van der Waals surface area contributed by atoms with E-state index >= 15 is 0 Å². The summed E-state index contributed by atoms with van der Waals surface area (Å²) in [5.41, 5.74) is 1.52. The van der Waals surface area contributed by atoms with Gasteiger partial charge in [0.15, 0.2) is 0 Å². The second kappa shape index (κ2) is 4.71. The van der Waals surface area contributed by atoms with Gasteiger partial charge < -0.3 is 5.11 Å². The number of aliphatic hydroxyl groups is 1. The summed E-state index contributed by atoms with van der Waals surface area (Å²) in [6, 6.07) is 12.1. The molecule has 1 atom stereocenters. The van der Waals surface area contributed by atoms with Crippen LogP contribution in [-0.4, -0.2) is 20.6 Å². The van der Waals surface area contributed by atoms with Crippen LogP contribution in [0.25, 0.3) is 0 Å². The van der Waals surface area contributed by atoms with Crippen molar-refractivity contribution in [3.8, 4) is 0 Å². The largest absolute Gasteiger partial charge is 0.384 e. The maximum absolute atomic E-state index is 12.7. The van der Waals surface area contributed by atoms with Gasteiger partial charge in [-0.15, -0.1) is 0 Å². The lowest BCUT2D eigenvalue weighted by atomic mass is 10.00. The minimum absolute atomic E-state index is 0.163. The van der Waals surface area contributed by atoms with Gasteiger partial charge in [-0.3, -0.25) is 4.31 Å². The molecule has 0 aromatic heterocycles. The monoisotopic (exact) mass is 401 g/mol. The Balaban J connectivity index is 2.41. The van der Waals surface area contributed by atoms with E-state index in [1.54, 1.807) is 42.5 Å². The van der Waals surface area contributed by atoms with Crippen LogP contribution in [0.4, 0.5) is 5.69 Å². The summed E-state index contributed by atoms with van der Waals surface area (Å²) in [7, 11) is -2.15. The molecule has 1 heterocycles. The Bertz CT molecular complexity index is 789. The van der Waals surface area contributed by atoms with E-state index < -0.39 is 16.1 Å². The number of rotatable bonds is 0. The number of fused-ring (bicyclic) bond motifs is 2. The number of anilines is 1. The minimum Gasteiger partial charge on any atom is -0.384 e. The van der Waals surface area contributed by atoms with Gasteiger partial charge in [0.1, 0.15) is 6.10 Å². The van der Waals surface area contributed by atoms with Crippen molar-refractivity contribution < 1.29 is 13.5 Å². The molecule has 2 aromatic carbocycles. The summed E-state index contributed by atoms with van der Waals surface area (Å²) in [6.45, 7) is 0. The van der Waals surface area contributed by atoms with Gasteiger partial charge in [-0.25, -0.2) is 8.42 Å². The first kappa shape index (κ1) is 13.8. The molecule has 0 aliphatic carbocycles. The average Bonchev–Trinajstić information content (AvgIpc) is 2.50. The molecule has 1 aliphatic heterocycles. The molecule has 0 radical (unpaired) electrons. The predicted molar refractivity (Wildman–Crippen MR) is 85.3 cm³/mol. The maximum atomic E-state index is 12.7. The summed E-state index contributed by atoms with van der Waals surface area (Å²) in [4.78, 5) is 0.163. The topological polar surface area (TPSA) is 57.6 Å². The lowest BCUT2D eigenvalue weighted by Gasteiger charge is -2.19. The number of sulfonamides is 1. The standard InChI is InChI=1S/C14H12INO3S/c1-16-12-5-3-2-4-10(12)14(17)11-7-6-9(15)8-13(11)20(16,18)19/h2-8,14,17H,1H3. The zero-order valence-corrected chi connectivity index (χ0v) is 13.6. The molecule has 0 bridgehead atoms. The molecular formula is C14H12INO3S. The summed E-state index contributed by atoms with van der Waals surface area (Å²) < 4.78 is 27.4. The van der Waals surface area contributed by atoms with Crippen LogP contribution in [-0.2, 0) is 10.0 Å². The summed E-state index contributed by atoms with van der Waals surface area (Å²) in [6.07, 6.45) is -0.946. The van der Waals surface area contributed by atoms with Crippen LogP contribution >= 0.6 is 22.6 Å². The SMILES string of the molecule is CN1c2ccccc2C(O)c2ccc(I)cc2S1(=O)=O. The molecule has 4 nitrogen and oxygen atoms in total. The summed E-state index contributed by atoms with van der Waals surface area (Å²) in [5, 5.41) is 10.5. The number of hydrogen-bond acceptors (Lipinski definition) is 3. The lowest BCUT2D eigenvalue weighted by molar-refractivity contribution is 0.218. The summed E-state index contributed by atoms with van der Waals surface area (Å²) in [5.74, 6) is 0. The normalized spacial score (nSPS) is 19.9. The number of nitrogens with zero attached hydrogens (tertiary/aromatic N) is 1. The molecule has 2 aromatic rings. The van der Waals surface area contributed by atoms with Crippen LogP contribution in [0.1, 0.15) is 17.2 Å². The lowest BCUT2D eigenvalue weighted by Crippen LogP contribution is -2.26. The number of benzene rings is 2. The van der Waals surface area contributed by atoms with Crippen molar-refractivity contribution in [2.75, 3.05) is 11.4 Å². The quantitative estimate of drug-likeness (QED) is 0.691. The second-order valence-corrected chi connectivity index (χ2v) is 7.80. The zero-order chi connectivity index (χ0) is 14.5. The first-order chi connectivity index (χ1) is 9.43. The third-order valence-corrected chi connectivity index (χ3v) is 5.98. The van der Waals surface area contributed by atoms with Crippen molar-refractivity contribution >= 4 is 38.3 Å². The predicted octanol–water partition coefficient (Wildman–Crippen LogP) is 2.51. The molecular weight excluding hydrogens is 389 g/mol. The highest BCUT2D eigenvalue weighted by atomic mass is 127. The van der Waals surface area contributed by atoms with Crippen LogP contribution in [0.2, 0.25) is 0 Å². The molecule has 0 amide bonds. The second-order valence-electron chi connectivity index (χ2n) is 4.62. The highest BCUT2D eigenvalue weighted by Gasteiger charge is 2.33. The molecule has 104 valence electrons. The number of halogens is 1. The average molecular weight is 401 g/mol. The molecule has 1 aliphatic rings. The first-order valence-corrected chi connectivity index (χ1v) is 8.50. The minimum atomic E-state index is -3.66. The Kier molecular flexibility index (Phi) is 3.26. The van der Waals surface area contributed by atoms with E-state index in [2.05, 4.69) is 22.6 Å². The smallest absolute Gasteiger partial charge is 0.264 e. The van der Waals surface area contributed by atoms with Crippen LogP contribution in [0.15, 0.2) is 47.4 Å². The number of aliphatic hydroxyl groups excluding tert-OH is 1. The fourth-order valence-corrected chi connectivity index (χ4v) is 4.58. The Morgan fingerprint density at radius 3 is 2.60 bits per heavy atom. The fraction of sp³-hybridized carbons (Fsp3) is 0.143. The van der Waals surface area contributed by atoms with Crippen molar-refractivity contribution in [1.29, 1.82) is 0 Å². The van der Waals surface area contributed by atoms with Crippen LogP contribution < -0.4 is 4.31 Å². The molecule has 1 N–H and O–H groups in total. The van der Waals surface area contributed by atoms with Crippen molar-refractivity contribution in [3.05, 3.63) is 57.2 Å². The van der Waals surface area contributed by atoms with Gasteiger partial charge in [0, 0.05) is 21.7 Å². The van der Waals surface area contributed by atoms with Gasteiger partial charge >= 0.3 is 0 Å². The molecule has 3 rings (SSSR count). The van der Waals surface area contributed by atoms with E-state index in [0.29, 0.717) is 16.8 Å². The van der Waals surface area contributed by atoms with Gasteiger partial charge in [0.25, 0.3) is 10.0 Å². The molecule has 0 saturated heterocycles. The molecule has 1 unspecified atom stereocenters. The third kappa shape index (κ3) is 1.94. The third-order valence-electron chi connectivity index (χ3n) is 3.48. The first-order valence-electron chi connectivity index (χ1n) is 5.98. The van der Waals surface area contributed by atoms with E-state index in [9.17, 15) is 13.5 Å². The van der Waals surface area contributed by atoms with Crippen molar-refractivity contribution in [2.45, 2.75) is 11.0 Å². The van der Waals surface area contributed by atoms with Crippen LogP contribution in [0.5, 0.6) is 0 Å². The number of hydrogen-bond donors (Lipinski definition) is 1. The zero-order valence-electron chi connectivity index (χ0n) is 10.6. The summed E-state index contributed by atoms with van der Waals surface area (Å²) >= 11 is 2.06. The molecule has 0 spiro atoms. The Labute approximate surface area is 131 Å². The molecule has 0 fully saturated rings.